The zero-order valence-corrected chi connectivity index (χ0v) is 13.7. The topological polar surface area (TPSA) is 76.7 Å². The number of benzene rings is 2. The van der Waals surface area contributed by atoms with Crippen LogP contribution in [0.25, 0.3) is 0 Å². The molecule has 4 nitrogen and oxygen atoms in total. The van der Waals surface area contributed by atoms with Gasteiger partial charge in [-0.05, 0) is 36.4 Å². The van der Waals surface area contributed by atoms with Gasteiger partial charge in [0.2, 0.25) is 0 Å². The molecule has 0 aliphatic rings. The van der Waals surface area contributed by atoms with Gasteiger partial charge in [-0.15, -0.1) is 0 Å². The summed E-state index contributed by atoms with van der Waals surface area (Å²) in [5, 5.41) is 20.5. The Labute approximate surface area is 138 Å². The lowest BCUT2D eigenvalue weighted by Crippen LogP contribution is -2.12. The molecule has 2 rings (SSSR count). The molecule has 0 saturated heterocycles. The van der Waals surface area contributed by atoms with Crippen LogP contribution < -0.4 is 5.32 Å². The minimum Gasteiger partial charge on any atom is -0.322 e. The molecule has 1 amide bonds. The first kappa shape index (κ1) is 15.2. The molecule has 6 heteroatoms. The summed E-state index contributed by atoms with van der Waals surface area (Å²) in [5.41, 5.74) is 1.44. The van der Waals surface area contributed by atoms with E-state index in [1.54, 1.807) is 18.2 Å². The molecule has 1 N–H and O–H groups in total. The second-order valence-corrected chi connectivity index (χ2v) is 5.93. The Morgan fingerprint density at radius 1 is 0.952 bits per heavy atom. The van der Waals surface area contributed by atoms with Crippen LogP contribution >= 0.6 is 31.9 Å². The first-order chi connectivity index (χ1) is 10.0. The molecule has 0 aliphatic heterocycles. The van der Waals surface area contributed by atoms with Crippen molar-refractivity contribution in [2.45, 2.75) is 0 Å². The summed E-state index contributed by atoms with van der Waals surface area (Å²) in [5.74, 6) is -0.300. The maximum Gasteiger partial charge on any atom is 0.255 e. The molecule has 102 valence electrons. The van der Waals surface area contributed by atoms with E-state index in [0.717, 1.165) is 8.95 Å². The van der Waals surface area contributed by atoms with Gasteiger partial charge in [0.25, 0.3) is 5.91 Å². The van der Waals surface area contributed by atoms with Gasteiger partial charge < -0.3 is 5.32 Å². The molecule has 0 aliphatic carbocycles. The Kier molecular flexibility index (Phi) is 4.74. The van der Waals surface area contributed by atoms with E-state index in [2.05, 4.69) is 37.2 Å². The molecule has 0 unspecified atom stereocenters. The number of nitrogens with one attached hydrogen (secondary N) is 1. The lowest BCUT2D eigenvalue weighted by molar-refractivity contribution is 0.102. The van der Waals surface area contributed by atoms with Crippen LogP contribution in [0.15, 0.2) is 45.3 Å². The molecular weight excluding hydrogens is 398 g/mol. The second-order valence-electron chi connectivity index (χ2n) is 4.10. The van der Waals surface area contributed by atoms with E-state index in [1.165, 1.54) is 12.1 Å². The summed E-state index contributed by atoms with van der Waals surface area (Å²) < 4.78 is 1.55. The quantitative estimate of drug-likeness (QED) is 0.814. The van der Waals surface area contributed by atoms with Gasteiger partial charge in [0.05, 0.1) is 11.1 Å². The number of rotatable bonds is 2. The third-order valence-electron chi connectivity index (χ3n) is 2.64. The van der Waals surface area contributed by atoms with Crippen molar-refractivity contribution in [2.24, 2.45) is 0 Å². The normalized spacial score (nSPS) is 9.52. The second kappa shape index (κ2) is 6.53. The molecule has 0 saturated carbocycles. The van der Waals surface area contributed by atoms with Crippen molar-refractivity contribution >= 4 is 43.5 Å². The number of hydrogen-bond acceptors (Lipinski definition) is 3. The van der Waals surface area contributed by atoms with Crippen LogP contribution in [0.5, 0.6) is 0 Å². The van der Waals surface area contributed by atoms with Gasteiger partial charge >= 0.3 is 0 Å². The maximum absolute atomic E-state index is 12.2. The summed E-state index contributed by atoms with van der Waals surface area (Å²) in [6, 6.07) is 13.6. The Morgan fingerprint density at radius 3 is 2.14 bits per heavy atom. The molecule has 0 radical (unpaired) electrons. The summed E-state index contributed by atoms with van der Waals surface area (Å²) in [7, 11) is 0. The van der Waals surface area contributed by atoms with Gasteiger partial charge in [-0.1, -0.05) is 31.9 Å². The Hall–Kier alpha value is -2.15. The minimum atomic E-state index is -0.300. The summed E-state index contributed by atoms with van der Waals surface area (Å²) in [4.78, 5) is 12.2. The SMILES string of the molecule is N#Cc1ccc(NC(=O)c2cc(Br)cc(Br)c2)cc1C#N. The average molecular weight is 405 g/mol. The van der Waals surface area contributed by atoms with Crippen LogP contribution in [0.3, 0.4) is 0 Å². The number of nitriles is 2. The number of nitrogens with zero attached hydrogens (tertiary/aromatic N) is 2. The highest BCUT2D eigenvalue weighted by Gasteiger charge is 2.10. The lowest BCUT2D eigenvalue weighted by atomic mass is 10.1. The lowest BCUT2D eigenvalue weighted by Gasteiger charge is -2.07. The highest BCUT2D eigenvalue weighted by molar-refractivity contribution is 9.11. The van der Waals surface area contributed by atoms with Gasteiger partial charge in [-0.25, -0.2) is 0 Å². The van der Waals surface area contributed by atoms with Crippen molar-refractivity contribution in [3.8, 4) is 12.1 Å². The molecule has 2 aromatic rings. The van der Waals surface area contributed by atoms with Crippen molar-refractivity contribution < 1.29 is 4.79 Å². The zero-order valence-electron chi connectivity index (χ0n) is 10.5. The number of carbonyl (C=O) groups excluding carboxylic acids is 1. The molecule has 0 aromatic heterocycles. The van der Waals surface area contributed by atoms with Gasteiger partial charge in [0.1, 0.15) is 12.1 Å². The number of carbonyl (C=O) groups is 1. The van der Waals surface area contributed by atoms with Crippen molar-refractivity contribution in [1.82, 2.24) is 0 Å². The number of halogens is 2. The van der Waals surface area contributed by atoms with E-state index in [9.17, 15) is 4.79 Å². The van der Waals surface area contributed by atoms with E-state index in [4.69, 9.17) is 10.5 Å². The monoisotopic (exact) mass is 403 g/mol. The van der Waals surface area contributed by atoms with Crippen LogP contribution in [0.1, 0.15) is 21.5 Å². The Bertz CT molecular complexity index is 783. The van der Waals surface area contributed by atoms with E-state index in [0.29, 0.717) is 11.3 Å². The highest BCUT2D eigenvalue weighted by Crippen LogP contribution is 2.21. The van der Waals surface area contributed by atoms with E-state index < -0.39 is 0 Å². The van der Waals surface area contributed by atoms with Crippen molar-refractivity contribution in [3.05, 3.63) is 62.0 Å². The molecule has 0 bridgehead atoms. The Balaban J connectivity index is 2.28. The van der Waals surface area contributed by atoms with Gasteiger partial charge in [0, 0.05) is 20.2 Å². The first-order valence-electron chi connectivity index (χ1n) is 5.75. The van der Waals surface area contributed by atoms with Crippen molar-refractivity contribution in [2.75, 3.05) is 5.32 Å². The van der Waals surface area contributed by atoms with Crippen LogP contribution in [0, 0.1) is 22.7 Å². The van der Waals surface area contributed by atoms with Crippen molar-refractivity contribution in [3.63, 3.8) is 0 Å². The van der Waals surface area contributed by atoms with E-state index in [-0.39, 0.29) is 17.0 Å². The minimum absolute atomic E-state index is 0.228. The number of amides is 1. The fraction of sp³-hybridized carbons (Fsp3) is 0. The largest absolute Gasteiger partial charge is 0.322 e. The zero-order chi connectivity index (χ0) is 15.4. The van der Waals surface area contributed by atoms with Gasteiger partial charge in [-0.3, -0.25) is 4.79 Å². The average Bonchev–Trinajstić information content (AvgIpc) is 2.46. The predicted molar refractivity (Wildman–Crippen MR) is 85.7 cm³/mol. The maximum atomic E-state index is 12.2. The van der Waals surface area contributed by atoms with Crippen LogP contribution in [0.2, 0.25) is 0 Å². The standard InChI is InChI=1S/C15H7Br2N3O/c16-12-3-10(4-13(17)6-12)15(21)20-14-2-1-9(7-18)11(5-14)8-19/h1-6H,(H,20,21). The smallest absolute Gasteiger partial charge is 0.255 e. The van der Waals surface area contributed by atoms with Gasteiger partial charge in [-0.2, -0.15) is 10.5 Å². The van der Waals surface area contributed by atoms with Crippen LogP contribution in [-0.2, 0) is 0 Å². The van der Waals surface area contributed by atoms with Crippen LogP contribution in [-0.4, -0.2) is 5.91 Å². The van der Waals surface area contributed by atoms with E-state index >= 15 is 0 Å². The molecule has 0 atom stereocenters. The third-order valence-corrected chi connectivity index (χ3v) is 3.56. The summed E-state index contributed by atoms with van der Waals surface area (Å²) in [6.45, 7) is 0. The summed E-state index contributed by atoms with van der Waals surface area (Å²) in [6.07, 6.45) is 0. The number of anilines is 1. The van der Waals surface area contributed by atoms with E-state index in [1.807, 2.05) is 18.2 Å². The fourth-order valence-corrected chi connectivity index (χ4v) is 2.99. The molecular formula is C15H7Br2N3O. The molecule has 0 heterocycles. The highest BCUT2D eigenvalue weighted by atomic mass is 79.9. The summed E-state index contributed by atoms with van der Waals surface area (Å²) >= 11 is 6.64. The fourth-order valence-electron chi connectivity index (χ4n) is 1.70. The van der Waals surface area contributed by atoms with Crippen molar-refractivity contribution in [1.29, 1.82) is 10.5 Å². The number of hydrogen-bond donors (Lipinski definition) is 1. The molecule has 0 fully saturated rings. The van der Waals surface area contributed by atoms with Crippen LogP contribution in [0.4, 0.5) is 5.69 Å². The van der Waals surface area contributed by atoms with Gasteiger partial charge in [0.15, 0.2) is 0 Å². The predicted octanol–water partition coefficient (Wildman–Crippen LogP) is 4.21. The Morgan fingerprint density at radius 2 is 1.57 bits per heavy atom. The third kappa shape index (κ3) is 3.69. The first-order valence-corrected chi connectivity index (χ1v) is 7.34. The molecule has 2 aromatic carbocycles. The molecule has 0 spiro atoms. The molecule has 21 heavy (non-hydrogen) atoms.